The lowest BCUT2D eigenvalue weighted by Gasteiger charge is -2.37. The van der Waals surface area contributed by atoms with Crippen molar-refractivity contribution >= 4 is 15.7 Å². The van der Waals surface area contributed by atoms with E-state index in [4.69, 9.17) is 18.9 Å². The summed E-state index contributed by atoms with van der Waals surface area (Å²) in [5.41, 5.74) is 7.99. The molecule has 4 unspecified atom stereocenters. The van der Waals surface area contributed by atoms with Crippen LogP contribution in [0.15, 0.2) is 30.3 Å². The molecule has 0 aromatic heterocycles. The molecule has 0 N–H and O–H groups in total. The molecule has 1 aliphatic carbocycles. The number of benzene rings is 2. The van der Waals surface area contributed by atoms with Gasteiger partial charge in [-0.2, -0.15) is 0 Å². The fourth-order valence-electron chi connectivity index (χ4n) is 7.51. The molecule has 0 radical (unpaired) electrons. The first-order chi connectivity index (χ1) is 21.9. The standard InChI is InChI=1S/C41H68B2O4/c1-13-39(9,45-12)24-25-47-40(10,14-2)21-17-23-41(22-16-18-29(4)46-15-3)33-26-30(37(5,6)42)19-20-31(33)32-27-36(44-11)35(28-34(32)41)38(7,8)43/h19-20,26-29H,13-18,21-25,42-43H2,1-12H3. The Bertz CT molecular complexity index is 1310. The third kappa shape index (κ3) is 9.28. The highest BCUT2D eigenvalue weighted by molar-refractivity contribution is 6.16. The molecule has 2 aromatic carbocycles. The van der Waals surface area contributed by atoms with Crippen molar-refractivity contribution in [2.45, 2.75) is 160 Å². The predicted octanol–water partition coefficient (Wildman–Crippen LogP) is 8.85. The van der Waals surface area contributed by atoms with E-state index < -0.39 is 0 Å². The molecule has 262 valence electrons. The van der Waals surface area contributed by atoms with E-state index in [0.29, 0.717) is 0 Å². The first kappa shape index (κ1) is 39.7. The molecule has 0 saturated heterocycles. The highest BCUT2D eigenvalue weighted by atomic mass is 16.5. The molecule has 47 heavy (non-hydrogen) atoms. The molecule has 0 bridgehead atoms. The van der Waals surface area contributed by atoms with Gasteiger partial charge < -0.3 is 18.9 Å². The van der Waals surface area contributed by atoms with Crippen LogP contribution < -0.4 is 4.74 Å². The summed E-state index contributed by atoms with van der Waals surface area (Å²) in [5, 5.41) is 0.0296. The number of ether oxygens (including phenoxy) is 4. The molecule has 0 amide bonds. The summed E-state index contributed by atoms with van der Waals surface area (Å²) in [4.78, 5) is 0. The van der Waals surface area contributed by atoms with Crippen molar-refractivity contribution in [2.24, 2.45) is 0 Å². The summed E-state index contributed by atoms with van der Waals surface area (Å²) < 4.78 is 24.6. The van der Waals surface area contributed by atoms with Crippen molar-refractivity contribution in [3.05, 3.63) is 52.6 Å². The Morgan fingerprint density at radius 3 is 1.96 bits per heavy atom. The van der Waals surface area contributed by atoms with Crippen molar-refractivity contribution in [3.63, 3.8) is 0 Å². The first-order valence-electron chi connectivity index (χ1n) is 18.6. The summed E-state index contributed by atoms with van der Waals surface area (Å²) in [7, 11) is 8.28. The van der Waals surface area contributed by atoms with E-state index in [1.54, 1.807) is 0 Å². The van der Waals surface area contributed by atoms with Gasteiger partial charge in [-0.1, -0.05) is 71.4 Å². The number of hydrogen-bond acceptors (Lipinski definition) is 4. The quantitative estimate of drug-likeness (QED) is 0.135. The zero-order valence-electron chi connectivity index (χ0n) is 32.9. The second-order valence-corrected chi connectivity index (χ2v) is 16.9. The van der Waals surface area contributed by atoms with Gasteiger partial charge in [-0.3, -0.25) is 0 Å². The van der Waals surface area contributed by atoms with E-state index in [1.807, 2.05) is 14.2 Å². The van der Waals surface area contributed by atoms with Gasteiger partial charge in [0, 0.05) is 19.1 Å². The van der Waals surface area contributed by atoms with Gasteiger partial charge in [-0.05, 0) is 130 Å². The average molecular weight is 647 g/mol. The van der Waals surface area contributed by atoms with Crippen LogP contribution in [0.1, 0.15) is 149 Å². The molecular weight excluding hydrogens is 578 g/mol. The minimum atomic E-state index is -0.166. The Labute approximate surface area is 291 Å². The monoisotopic (exact) mass is 647 g/mol. The second-order valence-electron chi connectivity index (χ2n) is 16.9. The molecule has 6 heteroatoms. The van der Waals surface area contributed by atoms with Crippen molar-refractivity contribution in [1.82, 2.24) is 0 Å². The summed E-state index contributed by atoms with van der Waals surface area (Å²) in [5.74, 6) is 0.991. The van der Waals surface area contributed by atoms with Crippen LogP contribution in [0.3, 0.4) is 0 Å². The van der Waals surface area contributed by atoms with E-state index in [2.05, 4.69) is 115 Å². The molecule has 0 spiro atoms. The van der Waals surface area contributed by atoms with Gasteiger partial charge in [0.05, 0.1) is 31.0 Å². The van der Waals surface area contributed by atoms with E-state index in [1.165, 1.54) is 33.4 Å². The molecule has 0 aliphatic heterocycles. The normalized spacial score (nSPS) is 19.5. The van der Waals surface area contributed by atoms with Crippen molar-refractivity contribution < 1.29 is 18.9 Å². The van der Waals surface area contributed by atoms with Gasteiger partial charge in [-0.15, -0.1) is 0 Å². The minimum absolute atomic E-state index is 0.0370. The van der Waals surface area contributed by atoms with Crippen LogP contribution in [0.5, 0.6) is 5.75 Å². The van der Waals surface area contributed by atoms with Gasteiger partial charge in [0.15, 0.2) is 0 Å². The number of methoxy groups -OCH3 is 2. The Balaban J connectivity index is 2.11. The van der Waals surface area contributed by atoms with E-state index in [9.17, 15) is 0 Å². The maximum Gasteiger partial charge on any atom is 0.122 e. The van der Waals surface area contributed by atoms with E-state index >= 15 is 0 Å². The number of hydrogen-bond donors (Lipinski definition) is 0. The largest absolute Gasteiger partial charge is 0.496 e. The fourth-order valence-corrected chi connectivity index (χ4v) is 7.51. The summed E-state index contributed by atoms with van der Waals surface area (Å²) in [6, 6.07) is 12.2. The molecule has 0 saturated carbocycles. The molecule has 0 fully saturated rings. The van der Waals surface area contributed by atoms with Crippen molar-refractivity contribution in [3.8, 4) is 16.9 Å². The fraction of sp³-hybridized carbons (Fsp3) is 0.707. The maximum absolute atomic E-state index is 6.70. The van der Waals surface area contributed by atoms with Gasteiger partial charge in [0.2, 0.25) is 0 Å². The van der Waals surface area contributed by atoms with Crippen LogP contribution >= 0.6 is 0 Å². The smallest absolute Gasteiger partial charge is 0.122 e. The molecule has 4 atom stereocenters. The van der Waals surface area contributed by atoms with Gasteiger partial charge in [-0.25, -0.2) is 0 Å². The highest BCUT2D eigenvalue weighted by Crippen LogP contribution is 2.57. The lowest BCUT2D eigenvalue weighted by atomic mass is 9.64. The van der Waals surface area contributed by atoms with Crippen molar-refractivity contribution in [2.75, 3.05) is 27.4 Å². The Morgan fingerprint density at radius 2 is 1.40 bits per heavy atom. The van der Waals surface area contributed by atoms with Gasteiger partial charge in [0.25, 0.3) is 0 Å². The maximum atomic E-state index is 6.70. The molecule has 1 aliphatic rings. The molecular formula is C41H68B2O4. The van der Waals surface area contributed by atoms with Crippen LogP contribution in [0.2, 0.25) is 0 Å². The lowest BCUT2D eigenvalue weighted by molar-refractivity contribution is -0.0788. The van der Waals surface area contributed by atoms with Gasteiger partial charge >= 0.3 is 0 Å². The van der Waals surface area contributed by atoms with Crippen LogP contribution in [0.4, 0.5) is 0 Å². The number of rotatable bonds is 20. The Hall–Kier alpha value is -1.75. The molecule has 0 heterocycles. The predicted molar refractivity (Wildman–Crippen MR) is 206 cm³/mol. The second kappa shape index (κ2) is 15.9. The van der Waals surface area contributed by atoms with E-state index in [-0.39, 0.29) is 33.3 Å². The first-order valence-corrected chi connectivity index (χ1v) is 18.6. The van der Waals surface area contributed by atoms with Crippen LogP contribution in [-0.4, -0.2) is 60.4 Å². The summed E-state index contributed by atoms with van der Waals surface area (Å²) in [6.07, 6.45) is 9.63. The zero-order chi connectivity index (χ0) is 35.3. The number of fused-ring (bicyclic) bond motifs is 3. The molecule has 3 rings (SSSR count). The van der Waals surface area contributed by atoms with Crippen LogP contribution in [0, 0.1) is 0 Å². The van der Waals surface area contributed by atoms with Crippen LogP contribution in [0.25, 0.3) is 11.1 Å². The third-order valence-corrected chi connectivity index (χ3v) is 11.4. The lowest BCUT2D eigenvalue weighted by Crippen LogP contribution is -2.34. The molecule has 4 nitrogen and oxygen atoms in total. The Morgan fingerprint density at radius 1 is 0.766 bits per heavy atom. The van der Waals surface area contributed by atoms with Crippen molar-refractivity contribution in [1.29, 1.82) is 0 Å². The summed E-state index contributed by atoms with van der Waals surface area (Å²) >= 11 is 0. The summed E-state index contributed by atoms with van der Waals surface area (Å²) in [6.45, 7) is 24.1. The third-order valence-electron chi connectivity index (χ3n) is 11.4. The topological polar surface area (TPSA) is 36.9 Å². The highest BCUT2D eigenvalue weighted by Gasteiger charge is 2.44. The molecule has 2 aromatic rings. The Kier molecular flexibility index (Phi) is 13.4. The average Bonchev–Trinajstić information content (AvgIpc) is 3.27. The zero-order valence-corrected chi connectivity index (χ0v) is 32.9. The minimum Gasteiger partial charge on any atom is -0.496 e. The van der Waals surface area contributed by atoms with Gasteiger partial charge in [0.1, 0.15) is 21.4 Å². The van der Waals surface area contributed by atoms with Crippen LogP contribution in [-0.2, 0) is 30.3 Å². The van der Waals surface area contributed by atoms with E-state index in [0.717, 1.165) is 76.8 Å². The SMILES string of the molecule is BC(C)(C)c1ccc2c(c1)C(CCCC(C)OCC)(CCCC(C)(CC)OCCC(C)(CC)OC)c1cc(C(B)(C)C)c(OC)cc1-2.